The highest BCUT2D eigenvalue weighted by molar-refractivity contribution is 5.35. The van der Waals surface area contributed by atoms with Crippen molar-refractivity contribution >= 4 is 5.82 Å². The number of hydrogen-bond donors (Lipinski definition) is 1. The van der Waals surface area contributed by atoms with Crippen molar-refractivity contribution in [2.24, 2.45) is 0 Å². The average molecular weight is 255 g/mol. The lowest BCUT2D eigenvalue weighted by molar-refractivity contribution is 0.774. The van der Waals surface area contributed by atoms with E-state index in [1.54, 1.807) is 0 Å². The molecule has 0 radical (unpaired) electrons. The van der Waals surface area contributed by atoms with E-state index in [9.17, 15) is 0 Å². The van der Waals surface area contributed by atoms with E-state index in [0.717, 1.165) is 24.6 Å². The molecule has 2 rings (SSSR count). The summed E-state index contributed by atoms with van der Waals surface area (Å²) in [5.41, 5.74) is 2.63. The maximum absolute atomic E-state index is 4.50. The molecule has 0 aliphatic carbocycles. The number of aromatic nitrogens is 2. The lowest BCUT2D eigenvalue weighted by Crippen LogP contribution is -2.05. The first-order valence-electron chi connectivity index (χ1n) is 6.83. The third-order valence-corrected chi connectivity index (χ3v) is 3.10. The van der Waals surface area contributed by atoms with E-state index in [2.05, 4.69) is 60.3 Å². The second-order valence-corrected chi connectivity index (χ2v) is 4.98. The molecule has 3 nitrogen and oxygen atoms in total. The molecule has 0 amide bonds. The normalized spacial score (nSPS) is 10.7. The molecule has 1 N–H and O–H groups in total. The van der Waals surface area contributed by atoms with E-state index in [0.29, 0.717) is 5.92 Å². The molecule has 100 valence electrons. The monoisotopic (exact) mass is 255 g/mol. The predicted molar refractivity (Wildman–Crippen MR) is 79.3 cm³/mol. The largest absolute Gasteiger partial charge is 0.366 e. The van der Waals surface area contributed by atoms with Crippen molar-refractivity contribution in [1.29, 1.82) is 0 Å². The van der Waals surface area contributed by atoms with Gasteiger partial charge in [-0.3, -0.25) is 0 Å². The first kappa shape index (κ1) is 13.5. The van der Waals surface area contributed by atoms with E-state index in [1.807, 2.05) is 12.3 Å². The zero-order valence-electron chi connectivity index (χ0n) is 11.9. The Morgan fingerprint density at radius 3 is 2.37 bits per heavy atom. The summed E-state index contributed by atoms with van der Waals surface area (Å²) in [7, 11) is 0. The molecule has 0 aliphatic rings. The van der Waals surface area contributed by atoms with E-state index in [1.165, 1.54) is 11.1 Å². The van der Waals surface area contributed by atoms with Crippen LogP contribution in [-0.2, 0) is 13.0 Å². The van der Waals surface area contributed by atoms with Gasteiger partial charge >= 0.3 is 0 Å². The number of rotatable bonds is 5. The van der Waals surface area contributed by atoms with Crippen LogP contribution in [0.5, 0.6) is 0 Å². The van der Waals surface area contributed by atoms with Crippen molar-refractivity contribution in [1.82, 2.24) is 9.97 Å². The Bertz CT molecular complexity index is 518. The highest BCUT2D eigenvalue weighted by atomic mass is 15.0. The van der Waals surface area contributed by atoms with Crippen LogP contribution < -0.4 is 5.32 Å². The standard InChI is InChI=1S/C16H21N3/c1-4-13-5-7-14(8-6-13)11-18-15-9-10-17-16(19-15)12(2)3/h5-10,12H,4,11H2,1-3H3,(H,17,18,19). The number of aryl methyl sites for hydroxylation is 1. The van der Waals surface area contributed by atoms with Gasteiger partial charge in [-0.25, -0.2) is 9.97 Å². The first-order chi connectivity index (χ1) is 9.19. The predicted octanol–water partition coefficient (Wildman–Crippen LogP) is 3.77. The number of hydrogen-bond acceptors (Lipinski definition) is 3. The van der Waals surface area contributed by atoms with E-state index in [-0.39, 0.29) is 0 Å². The summed E-state index contributed by atoms with van der Waals surface area (Å²) >= 11 is 0. The van der Waals surface area contributed by atoms with Crippen LogP contribution in [0.15, 0.2) is 36.5 Å². The van der Waals surface area contributed by atoms with Crippen molar-refractivity contribution in [3.8, 4) is 0 Å². The molecule has 0 unspecified atom stereocenters. The molecule has 1 aromatic carbocycles. The lowest BCUT2D eigenvalue weighted by Gasteiger charge is -2.09. The summed E-state index contributed by atoms with van der Waals surface area (Å²) in [6.45, 7) is 7.16. The maximum atomic E-state index is 4.50. The van der Waals surface area contributed by atoms with Gasteiger partial charge in [-0.2, -0.15) is 0 Å². The number of benzene rings is 1. The quantitative estimate of drug-likeness (QED) is 0.883. The van der Waals surface area contributed by atoms with E-state index >= 15 is 0 Å². The molecule has 0 saturated carbocycles. The molecule has 1 aromatic heterocycles. The van der Waals surface area contributed by atoms with Crippen LogP contribution in [0.4, 0.5) is 5.82 Å². The minimum absolute atomic E-state index is 0.352. The fraction of sp³-hybridized carbons (Fsp3) is 0.375. The van der Waals surface area contributed by atoms with Gasteiger partial charge in [0.05, 0.1) is 0 Å². The Hall–Kier alpha value is -1.90. The molecule has 0 spiro atoms. The highest BCUT2D eigenvalue weighted by Crippen LogP contribution is 2.12. The van der Waals surface area contributed by atoms with Gasteiger partial charge in [0.1, 0.15) is 11.6 Å². The average Bonchev–Trinajstić information content (AvgIpc) is 2.46. The topological polar surface area (TPSA) is 37.8 Å². The summed E-state index contributed by atoms with van der Waals surface area (Å²) < 4.78 is 0. The molecule has 1 heterocycles. The van der Waals surface area contributed by atoms with Crippen LogP contribution in [0.2, 0.25) is 0 Å². The molecule has 3 heteroatoms. The van der Waals surface area contributed by atoms with Crippen molar-refractivity contribution in [2.45, 2.75) is 39.7 Å². The minimum Gasteiger partial charge on any atom is -0.366 e. The highest BCUT2D eigenvalue weighted by Gasteiger charge is 2.03. The Labute approximate surface area is 115 Å². The van der Waals surface area contributed by atoms with Gasteiger partial charge in [0.25, 0.3) is 0 Å². The molecular weight excluding hydrogens is 234 g/mol. The van der Waals surface area contributed by atoms with E-state index in [4.69, 9.17) is 0 Å². The molecular formula is C16H21N3. The van der Waals surface area contributed by atoms with Gasteiger partial charge in [0, 0.05) is 18.7 Å². The third-order valence-electron chi connectivity index (χ3n) is 3.10. The third kappa shape index (κ3) is 3.78. The Kier molecular flexibility index (Phi) is 4.50. The lowest BCUT2D eigenvalue weighted by atomic mass is 10.1. The van der Waals surface area contributed by atoms with E-state index < -0.39 is 0 Å². The molecule has 0 atom stereocenters. The van der Waals surface area contributed by atoms with Crippen LogP contribution in [0, 0.1) is 0 Å². The zero-order chi connectivity index (χ0) is 13.7. The van der Waals surface area contributed by atoms with Crippen molar-refractivity contribution in [3.63, 3.8) is 0 Å². The van der Waals surface area contributed by atoms with Gasteiger partial charge in [-0.05, 0) is 23.6 Å². The molecule has 2 aromatic rings. The summed E-state index contributed by atoms with van der Waals surface area (Å²) in [6, 6.07) is 10.6. The van der Waals surface area contributed by atoms with Gasteiger partial charge < -0.3 is 5.32 Å². The minimum atomic E-state index is 0.352. The Morgan fingerprint density at radius 1 is 1.05 bits per heavy atom. The number of nitrogens with one attached hydrogen (secondary N) is 1. The van der Waals surface area contributed by atoms with Crippen LogP contribution >= 0.6 is 0 Å². The van der Waals surface area contributed by atoms with Gasteiger partial charge in [-0.15, -0.1) is 0 Å². The molecule has 0 aliphatic heterocycles. The van der Waals surface area contributed by atoms with Crippen LogP contribution in [0.1, 0.15) is 43.6 Å². The second-order valence-electron chi connectivity index (χ2n) is 4.98. The van der Waals surface area contributed by atoms with Crippen LogP contribution in [0.25, 0.3) is 0 Å². The van der Waals surface area contributed by atoms with Gasteiger partial charge in [0.2, 0.25) is 0 Å². The van der Waals surface area contributed by atoms with Gasteiger partial charge in [-0.1, -0.05) is 45.0 Å². The molecule has 0 fully saturated rings. The summed E-state index contributed by atoms with van der Waals surface area (Å²) in [5.74, 6) is 2.12. The van der Waals surface area contributed by atoms with Crippen LogP contribution in [-0.4, -0.2) is 9.97 Å². The Balaban J connectivity index is 1.99. The van der Waals surface area contributed by atoms with Crippen LogP contribution in [0.3, 0.4) is 0 Å². The fourth-order valence-corrected chi connectivity index (χ4v) is 1.84. The maximum Gasteiger partial charge on any atom is 0.133 e. The number of anilines is 1. The zero-order valence-corrected chi connectivity index (χ0v) is 11.9. The number of nitrogens with zero attached hydrogens (tertiary/aromatic N) is 2. The molecule has 0 bridgehead atoms. The summed E-state index contributed by atoms with van der Waals surface area (Å²) in [4.78, 5) is 8.76. The van der Waals surface area contributed by atoms with Crippen molar-refractivity contribution < 1.29 is 0 Å². The molecule has 0 saturated heterocycles. The smallest absolute Gasteiger partial charge is 0.133 e. The summed E-state index contributed by atoms with van der Waals surface area (Å²) in [6.07, 6.45) is 2.89. The Morgan fingerprint density at radius 2 is 1.74 bits per heavy atom. The van der Waals surface area contributed by atoms with Crippen molar-refractivity contribution in [3.05, 3.63) is 53.5 Å². The molecule has 19 heavy (non-hydrogen) atoms. The first-order valence-corrected chi connectivity index (χ1v) is 6.83. The van der Waals surface area contributed by atoms with Crippen molar-refractivity contribution in [2.75, 3.05) is 5.32 Å². The fourth-order valence-electron chi connectivity index (χ4n) is 1.84. The second kappa shape index (κ2) is 6.32. The SMILES string of the molecule is CCc1ccc(CNc2ccnc(C(C)C)n2)cc1. The van der Waals surface area contributed by atoms with Gasteiger partial charge in [0.15, 0.2) is 0 Å². The summed E-state index contributed by atoms with van der Waals surface area (Å²) in [5, 5.41) is 3.34.